The first kappa shape index (κ1) is 11.8. The molecule has 5 nitrogen and oxygen atoms in total. The van der Waals surface area contributed by atoms with E-state index in [1.165, 1.54) is 16.0 Å². The van der Waals surface area contributed by atoms with Gasteiger partial charge < -0.3 is 4.74 Å². The van der Waals surface area contributed by atoms with Gasteiger partial charge in [-0.1, -0.05) is 12.1 Å². The molecule has 0 saturated carbocycles. The van der Waals surface area contributed by atoms with E-state index in [4.69, 9.17) is 4.74 Å². The lowest BCUT2D eigenvalue weighted by molar-refractivity contribution is 0.334. The van der Waals surface area contributed by atoms with Crippen LogP contribution < -0.4 is 4.74 Å². The highest BCUT2D eigenvalue weighted by molar-refractivity contribution is 7.21. The van der Waals surface area contributed by atoms with E-state index in [2.05, 4.69) is 21.1 Å². The van der Waals surface area contributed by atoms with Crippen LogP contribution in [0.4, 0.5) is 0 Å². The molecule has 0 amide bonds. The smallest absolute Gasteiger partial charge is 0.294 e. The highest BCUT2D eigenvalue weighted by atomic mass is 32.1. The molecule has 0 saturated heterocycles. The molecule has 0 fully saturated rings. The van der Waals surface area contributed by atoms with Gasteiger partial charge in [-0.2, -0.15) is 0 Å². The van der Waals surface area contributed by atoms with Crippen molar-refractivity contribution in [2.24, 2.45) is 0 Å². The van der Waals surface area contributed by atoms with Gasteiger partial charge in [0.05, 0.1) is 23.0 Å². The van der Waals surface area contributed by atoms with Crippen LogP contribution in [0.1, 0.15) is 6.92 Å². The summed E-state index contributed by atoms with van der Waals surface area (Å²) in [5.74, 6) is 0. The van der Waals surface area contributed by atoms with Gasteiger partial charge in [0.15, 0.2) is 0 Å². The Kier molecular flexibility index (Phi) is 2.68. The van der Waals surface area contributed by atoms with Crippen molar-refractivity contribution in [2.45, 2.75) is 6.92 Å². The number of aromatic nitrogens is 4. The van der Waals surface area contributed by atoms with E-state index in [9.17, 15) is 0 Å². The lowest BCUT2D eigenvalue weighted by Gasteiger charge is -1.92. The van der Waals surface area contributed by atoms with Crippen molar-refractivity contribution in [3.05, 3.63) is 30.5 Å². The minimum absolute atomic E-state index is 0.612. The number of thiazole rings is 1. The van der Waals surface area contributed by atoms with E-state index in [1.807, 2.05) is 31.3 Å². The first-order chi connectivity index (χ1) is 9.83. The van der Waals surface area contributed by atoms with Crippen LogP contribution in [0.5, 0.6) is 5.19 Å². The lowest BCUT2D eigenvalue weighted by atomic mass is 10.3. The maximum Gasteiger partial charge on any atom is 0.294 e. The van der Waals surface area contributed by atoms with Crippen LogP contribution in [0, 0.1) is 0 Å². The maximum absolute atomic E-state index is 5.38. The minimum atomic E-state index is 0.612. The standard InChI is InChI=1S/C13H10N4OS2/c1-2-18-13-16-17-7-9(15-12(17)20-13)11-14-8-5-3-4-6-10(8)19-11/h3-7H,2H2,1H3. The van der Waals surface area contributed by atoms with Gasteiger partial charge in [0, 0.05) is 0 Å². The molecular formula is C13H10N4OS2. The molecule has 0 atom stereocenters. The van der Waals surface area contributed by atoms with Crippen molar-refractivity contribution in [1.29, 1.82) is 0 Å². The van der Waals surface area contributed by atoms with Crippen molar-refractivity contribution in [3.63, 3.8) is 0 Å². The third kappa shape index (κ3) is 1.86. The molecule has 3 heterocycles. The predicted octanol–water partition coefficient (Wildman–Crippen LogP) is 3.47. The molecule has 4 rings (SSSR count). The fraction of sp³-hybridized carbons (Fsp3) is 0.154. The van der Waals surface area contributed by atoms with Crippen LogP contribution in [-0.2, 0) is 0 Å². The first-order valence-corrected chi connectivity index (χ1v) is 7.82. The quantitative estimate of drug-likeness (QED) is 0.581. The average Bonchev–Trinajstić information content (AvgIpc) is 3.09. The highest BCUT2D eigenvalue weighted by Gasteiger charge is 2.13. The molecule has 0 aliphatic carbocycles. The first-order valence-electron chi connectivity index (χ1n) is 6.18. The molecule has 1 aromatic carbocycles. The van der Waals surface area contributed by atoms with Crippen molar-refractivity contribution in [2.75, 3.05) is 6.61 Å². The molecule has 0 aliphatic heterocycles. The molecule has 20 heavy (non-hydrogen) atoms. The van der Waals surface area contributed by atoms with Gasteiger partial charge in [0.25, 0.3) is 5.19 Å². The third-order valence-electron chi connectivity index (χ3n) is 2.81. The van der Waals surface area contributed by atoms with Crippen LogP contribution in [0.3, 0.4) is 0 Å². The summed E-state index contributed by atoms with van der Waals surface area (Å²) in [5, 5.41) is 5.89. The maximum atomic E-state index is 5.38. The number of ether oxygens (including phenoxy) is 1. The van der Waals surface area contributed by atoms with Crippen molar-refractivity contribution >= 4 is 37.9 Å². The van der Waals surface area contributed by atoms with Crippen LogP contribution in [0.25, 0.3) is 25.9 Å². The molecule has 4 aromatic rings. The number of nitrogens with zero attached hydrogens (tertiary/aromatic N) is 4. The van der Waals surface area contributed by atoms with Gasteiger partial charge >= 0.3 is 0 Å². The van der Waals surface area contributed by atoms with E-state index in [0.29, 0.717) is 11.8 Å². The molecule has 7 heteroatoms. The summed E-state index contributed by atoms with van der Waals surface area (Å²) in [5.41, 5.74) is 1.86. The van der Waals surface area contributed by atoms with Crippen molar-refractivity contribution in [1.82, 2.24) is 19.6 Å². The number of para-hydroxylation sites is 1. The Bertz CT molecular complexity index is 828. The molecule has 0 aliphatic rings. The second kappa shape index (κ2) is 4.53. The Morgan fingerprint density at radius 2 is 2.10 bits per heavy atom. The van der Waals surface area contributed by atoms with E-state index in [-0.39, 0.29) is 0 Å². The summed E-state index contributed by atoms with van der Waals surface area (Å²) in [6, 6.07) is 8.10. The van der Waals surface area contributed by atoms with Crippen LogP contribution in [0.15, 0.2) is 30.5 Å². The third-order valence-corrected chi connectivity index (χ3v) is 4.70. The zero-order valence-electron chi connectivity index (χ0n) is 10.6. The van der Waals surface area contributed by atoms with Gasteiger partial charge in [-0.3, -0.25) is 0 Å². The van der Waals surface area contributed by atoms with Gasteiger partial charge in [-0.25, -0.2) is 14.5 Å². The number of hydrogen-bond acceptors (Lipinski definition) is 6. The molecule has 0 radical (unpaired) electrons. The van der Waals surface area contributed by atoms with Crippen molar-refractivity contribution < 1.29 is 4.74 Å². The topological polar surface area (TPSA) is 52.3 Å². The molecule has 0 unspecified atom stereocenters. The van der Waals surface area contributed by atoms with Crippen LogP contribution >= 0.6 is 22.7 Å². The number of hydrogen-bond donors (Lipinski definition) is 0. The summed E-state index contributed by atoms with van der Waals surface area (Å²) in [7, 11) is 0. The zero-order chi connectivity index (χ0) is 13.5. The van der Waals surface area contributed by atoms with E-state index < -0.39 is 0 Å². The Morgan fingerprint density at radius 1 is 1.20 bits per heavy atom. The fourth-order valence-electron chi connectivity index (χ4n) is 1.95. The minimum Gasteiger partial charge on any atom is -0.469 e. The number of rotatable bonds is 3. The lowest BCUT2D eigenvalue weighted by Crippen LogP contribution is -1.91. The highest BCUT2D eigenvalue weighted by Crippen LogP contribution is 2.31. The second-order valence-corrected chi connectivity index (χ2v) is 6.09. The summed E-state index contributed by atoms with van der Waals surface area (Å²) in [4.78, 5) is 9.99. The van der Waals surface area contributed by atoms with E-state index >= 15 is 0 Å². The fourth-order valence-corrected chi connectivity index (χ4v) is 3.66. The summed E-state index contributed by atoms with van der Waals surface area (Å²) in [6.45, 7) is 2.55. The van der Waals surface area contributed by atoms with Gasteiger partial charge in [0.1, 0.15) is 10.7 Å². The monoisotopic (exact) mass is 302 g/mol. The second-order valence-electron chi connectivity index (χ2n) is 4.14. The normalized spacial score (nSPS) is 11.4. The van der Waals surface area contributed by atoms with Gasteiger partial charge in [-0.05, 0) is 30.4 Å². The Morgan fingerprint density at radius 3 is 2.90 bits per heavy atom. The molecule has 0 bridgehead atoms. The number of imidazole rings is 1. The largest absolute Gasteiger partial charge is 0.469 e. The number of fused-ring (bicyclic) bond motifs is 2. The van der Waals surface area contributed by atoms with E-state index in [0.717, 1.165) is 21.2 Å². The molecule has 0 N–H and O–H groups in total. The van der Waals surface area contributed by atoms with Crippen LogP contribution in [-0.4, -0.2) is 26.2 Å². The average molecular weight is 302 g/mol. The Balaban J connectivity index is 1.79. The van der Waals surface area contributed by atoms with Gasteiger partial charge in [-0.15, -0.1) is 16.4 Å². The number of benzene rings is 1. The predicted molar refractivity (Wildman–Crippen MR) is 80.6 cm³/mol. The SMILES string of the molecule is CCOc1nn2cc(-c3nc4ccccc4s3)nc2s1. The zero-order valence-corrected chi connectivity index (χ0v) is 12.2. The van der Waals surface area contributed by atoms with Crippen molar-refractivity contribution in [3.8, 4) is 15.9 Å². The summed E-state index contributed by atoms with van der Waals surface area (Å²) >= 11 is 3.08. The summed E-state index contributed by atoms with van der Waals surface area (Å²) < 4.78 is 8.29. The molecule has 100 valence electrons. The molecular weight excluding hydrogens is 292 g/mol. The van der Waals surface area contributed by atoms with E-state index in [1.54, 1.807) is 15.9 Å². The summed E-state index contributed by atoms with van der Waals surface area (Å²) in [6.07, 6.45) is 1.89. The van der Waals surface area contributed by atoms with Gasteiger partial charge in [0.2, 0.25) is 4.96 Å². The van der Waals surface area contributed by atoms with Crippen LogP contribution in [0.2, 0.25) is 0 Å². The molecule has 3 aromatic heterocycles. The molecule has 0 spiro atoms. The Hall–Kier alpha value is -1.99. The Labute approximate surface area is 122 Å².